The summed E-state index contributed by atoms with van der Waals surface area (Å²) in [4.78, 5) is 23.6. The van der Waals surface area contributed by atoms with Crippen LogP contribution in [-0.4, -0.2) is 24.1 Å². The van der Waals surface area contributed by atoms with Crippen LogP contribution in [0.5, 0.6) is 5.75 Å². The van der Waals surface area contributed by atoms with E-state index >= 15 is 0 Å². The van der Waals surface area contributed by atoms with Crippen LogP contribution in [0.3, 0.4) is 0 Å². The number of hydrogen-bond acceptors (Lipinski definition) is 5. The molecule has 3 aromatic rings. The van der Waals surface area contributed by atoms with Crippen LogP contribution in [0.4, 0.5) is 0 Å². The van der Waals surface area contributed by atoms with Crippen LogP contribution in [0.25, 0.3) is 11.1 Å². The minimum absolute atomic E-state index is 0.231. The molecule has 7 nitrogen and oxygen atoms in total. The van der Waals surface area contributed by atoms with Gasteiger partial charge in [0.25, 0.3) is 5.91 Å². The first-order valence-electron chi connectivity index (χ1n) is 6.68. The zero-order valence-electron chi connectivity index (χ0n) is 11.9. The van der Waals surface area contributed by atoms with Crippen molar-refractivity contribution in [3.63, 3.8) is 0 Å². The highest BCUT2D eigenvalue weighted by atomic mass is 16.5. The van der Waals surface area contributed by atoms with Gasteiger partial charge in [-0.25, -0.2) is 4.79 Å². The van der Waals surface area contributed by atoms with Crippen LogP contribution in [-0.2, 0) is 6.54 Å². The van der Waals surface area contributed by atoms with Gasteiger partial charge in [0.2, 0.25) is 0 Å². The van der Waals surface area contributed by atoms with Gasteiger partial charge in [-0.05, 0) is 24.3 Å². The molecule has 0 unspecified atom stereocenters. The fraction of sp³-hybridized carbons (Fsp3) is 0.200. The van der Waals surface area contributed by atoms with Crippen molar-refractivity contribution in [1.82, 2.24) is 9.88 Å². The summed E-state index contributed by atoms with van der Waals surface area (Å²) in [7, 11) is 1.54. The number of rotatable bonds is 5. The van der Waals surface area contributed by atoms with Crippen molar-refractivity contribution >= 4 is 17.0 Å². The van der Waals surface area contributed by atoms with E-state index < -0.39 is 5.76 Å². The number of nitrogens with zero attached hydrogens (tertiary/aromatic N) is 1. The van der Waals surface area contributed by atoms with E-state index in [1.807, 2.05) is 0 Å². The molecule has 0 atom stereocenters. The number of ether oxygens (including phenoxy) is 1. The second-order valence-corrected chi connectivity index (χ2v) is 4.59. The Morgan fingerprint density at radius 1 is 1.36 bits per heavy atom. The lowest BCUT2D eigenvalue weighted by atomic mass is 10.3. The molecule has 0 radical (unpaired) electrons. The predicted octanol–water partition coefficient (Wildman–Crippen LogP) is 1.63. The fourth-order valence-corrected chi connectivity index (χ4v) is 2.16. The minimum Gasteiger partial charge on any atom is -0.497 e. The van der Waals surface area contributed by atoms with Gasteiger partial charge in [0.15, 0.2) is 11.3 Å². The highest BCUT2D eigenvalue weighted by Crippen LogP contribution is 2.19. The molecule has 1 aromatic carbocycles. The monoisotopic (exact) mass is 302 g/mol. The van der Waals surface area contributed by atoms with E-state index in [1.165, 1.54) is 10.8 Å². The third-order valence-corrected chi connectivity index (χ3v) is 3.24. The fourth-order valence-electron chi connectivity index (χ4n) is 2.16. The molecule has 1 amide bonds. The first-order valence-corrected chi connectivity index (χ1v) is 6.68. The van der Waals surface area contributed by atoms with E-state index in [-0.39, 0.29) is 18.2 Å². The van der Waals surface area contributed by atoms with E-state index in [0.717, 1.165) is 0 Å². The number of nitrogens with one attached hydrogen (secondary N) is 1. The average Bonchev–Trinajstić information content (AvgIpc) is 3.15. The second-order valence-electron chi connectivity index (χ2n) is 4.59. The van der Waals surface area contributed by atoms with Crippen molar-refractivity contribution in [3.8, 4) is 5.75 Å². The molecule has 0 spiro atoms. The van der Waals surface area contributed by atoms with Gasteiger partial charge in [0.05, 0.1) is 18.9 Å². The molecule has 0 aliphatic carbocycles. The lowest BCUT2D eigenvalue weighted by Gasteiger charge is -2.04. The number of oxazole rings is 1. The Morgan fingerprint density at radius 3 is 2.95 bits per heavy atom. The lowest BCUT2D eigenvalue weighted by molar-refractivity contribution is 0.0924. The molecule has 0 saturated heterocycles. The van der Waals surface area contributed by atoms with Crippen molar-refractivity contribution in [2.75, 3.05) is 13.7 Å². The van der Waals surface area contributed by atoms with Crippen LogP contribution in [0, 0.1) is 0 Å². The standard InChI is InChI=1S/C15H14N2O5/c1-20-10-4-5-11-13(9-10)22-15(19)17(11)7-6-16-14(18)12-3-2-8-21-12/h2-5,8-9H,6-7H2,1H3,(H,16,18). The van der Waals surface area contributed by atoms with Gasteiger partial charge in [-0.15, -0.1) is 0 Å². The summed E-state index contributed by atoms with van der Waals surface area (Å²) in [6.45, 7) is 0.574. The van der Waals surface area contributed by atoms with Gasteiger partial charge >= 0.3 is 5.76 Å². The van der Waals surface area contributed by atoms with Crippen molar-refractivity contribution in [3.05, 3.63) is 52.9 Å². The number of carbonyl (C=O) groups is 1. The molecule has 0 bridgehead atoms. The van der Waals surface area contributed by atoms with Crippen molar-refractivity contribution in [1.29, 1.82) is 0 Å². The first-order chi connectivity index (χ1) is 10.7. The number of benzene rings is 1. The Bertz CT molecular complexity index is 845. The van der Waals surface area contributed by atoms with E-state index in [1.54, 1.807) is 37.4 Å². The Labute approximate surface area is 125 Å². The normalized spacial score (nSPS) is 10.8. The molecule has 7 heteroatoms. The first kappa shape index (κ1) is 14.0. The Kier molecular flexibility index (Phi) is 3.69. The number of carbonyl (C=O) groups excluding carboxylic acids is 1. The van der Waals surface area contributed by atoms with Crippen molar-refractivity contribution in [2.45, 2.75) is 6.54 Å². The van der Waals surface area contributed by atoms with E-state index in [9.17, 15) is 9.59 Å². The molecule has 3 rings (SSSR count). The zero-order chi connectivity index (χ0) is 15.5. The summed E-state index contributed by atoms with van der Waals surface area (Å²) in [5.74, 6) is 0.0386. The molecule has 114 valence electrons. The molecule has 0 fully saturated rings. The maximum atomic E-state index is 11.9. The highest BCUT2D eigenvalue weighted by molar-refractivity contribution is 5.91. The van der Waals surface area contributed by atoms with Gasteiger partial charge in [-0.1, -0.05) is 0 Å². The second kappa shape index (κ2) is 5.80. The van der Waals surface area contributed by atoms with Crippen LogP contribution in [0.1, 0.15) is 10.6 Å². The zero-order valence-corrected chi connectivity index (χ0v) is 11.9. The number of aromatic nitrogens is 1. The molecule has 0 aliphatic rings. The average molecular weight is 302 g/mol. The van der Waals surface area contributed by atoms with Gasteiger partial charge in [-0.2, -0.15) is 0 Å². The summed E-state index contributed by atoms with van der Waals surface area (Å²) in [6.07, 6.45) is 1.43. The topological polar surface area (TPSA) is 86.6 Å². The molecule has 2 heterocycles. The SMILES string of the molecule is COc1ccc2c(c1)oc(=O)n2CCNC(=O)c1ccco1. The minimum atomic E-state index is -0.476. The third kappa shape index (κ3) is 2.60. The largest absolute Gasteiger partial charge is 0.497 e. The quantitative estimate of drug-likeness (QED) is 0.774. The van der Waals surface area contributed by atoms with E-state index in [0.29, 0.717) is 23.4 Å². The van der Waals surface area contributed by atoms with Crippen LogP contribution in [0.2, 0.25) is 0 Å². The van der Waals surface area contributed by atoms with E-state index in [2.05, 4.69) is 5.32 Å². The van der Waals surface area contributed by atoms with Crippen LogP contribution in [0.15, 0.2) is 50.2 Å². The van der Waals surface area contributed by atoms with Gasteiger partial charge in [0.1, 0.15) is 5.75 Å². The Balaban J connectivity index is 1.73. The maximum Gasteiger partial charge on any atom is 0.420 e. The van der Waals surface area contributed by atoms with E-state index in [4.69, 9.17) is 13.6 Å². The number of fused-ring (bicyclic) bond motifs is 1. The summed E-state index contributed by atoms with van der Waals surface area (Å²) in [5, 5.41) is 2.68. The molecule has 0 saturated carbocycles. The van der Waals surface area contributed by atoms with Crippen LogP contribution < -0.4 is 15.8 Å². The lowest BCUT2D eigenvalue weighted by Crippen LogP contribution is -2.29. The number of methoxy groups -OCH3 is 1. The Hall–Kier alpha value is -2.96. The van der Waals surface area contributed by atoms with Crippen molar-refractivity contribution in [2.24, 2.45) is 0 Å². The smallest absolute Gasteiger partial charge is 0.420 e. The van der Waals surface area contributed by atoms with Gasteiger partial charge in [0, 0.05) is 19.2 Å². The summed E-state index contributed by atoms with van der Waals surface area (Å²) in [6, 6.07) is 8.34. The van der Waals surface area contributed by atoms with Crippen LogP contribution >= 0.6 is 0 Å². The predicted molar refractivity (Wildman–Crippen MR) is 78.1 cm³/mol. The number of hydrogen-bond donors (Lipinski definition) is 1. The van der Waals surface area contributed by atoms with Gasteiger partial charge in [-0.3, -0.25) is 9.36 Å². The summed E-state index contributed by atoms with van der Waals surface area (Å²) < 4.78 is 16.7. The van der Waals surface area contributed by atoms with Crippen molar-refractivity contribution < 1.29 is 18.4 Å². The number of amides is 1. The molecule has 1 N–H and O–H groups in total. The molecule has 0 aliphatic heterocycles. The Morgan fingerprint density at radius 2 is 2.23 bits per heavy atom. The maximum absolute atomic E-state index is 11.9. The molecule has 2 aromatic heterocycles. The highest BCUT2D eigenvalue weighted by Gasteiger charge is 2.11. The number of furan rings is 1. The third-order valence-electron chi connectivity index (χ3n) is 3.24. The summed E-state index contributed by atoms with van der Waals surface area (Å²) >= 11 is 0. The summed E-state index contributed by atoms with van der Waals surface area (Å²) in [5.41, 5.74) is 1.10. The molecular weight excluding hydrogens is 288 g/mol. The molecular formula is C15H14N2O5. The molecule has 22 heavy (non-hydrogen) atoms. The van der Waals surface area contributed by atoms with Gasteiger partial charge < -0.3 is 18.9 Å².